The number of amides is 1. The van der Waals surface area contributed by atoms with Crippen LogP contribution in [0.4, 0.5) is 0 Å². The first kappa shape index (κ1) is 14.0. The Morgan fingerprint density at radius 2 is 2.47 bits per heavy atom. The van der Waals surface area contributed by atoms with E-state index in [4.69, 9.17) is 12.2 Å². The van der Waals surface area contributed by atoms with Crippen molar-refractivity contribution in [3.63, 3.8) is 0 Å². The molecule has 1 fully saturated rings. The largest absolute Gasteiger partial charge is 0.344 e. The molecule has 1 heterocycles. The van der Waals surface area contributed by atoms with Crippen LogP contribution in [0.1, 0.15) is 26.2 Å². The molecule has 0 aliphatic carbocycles. The lowest BCUT2D eigenvalue weighted by Crippen LogP contribution is -2.49. The van der Waals surface area contributed by atoms with Gasteiger partial charge in [-0.1, -0.05) is 5.92 Å². The molecule has 0 radical (unpaired) electrons. The van der Waals surface area contributed by atoms with E-state index in [9.17, 15) is 4.79 Å². The number of terminal acetylenes is 1. The Balaban J connectivity index is 2.42. The lowest BCUT2D eigenvalue weighted by atomic mass is 9.94. The van der Waals surface area contributed by atoms with Gasteiger partial charge in [-0.3, -0.25) is 9.69 Å². The minimum atomic E-state index is -0.0936. The van der Waals surface area contributed by atoms with E-state index in [0.29, 0.717) is 12.5 Å². The molecule has 1 amide bonds. The van der Waals surface area contributed by atoms with Crippen LogP contribution in [0, 0.1) is 18.3 Å². The lowest BCUT2D eigenvalue weighted by Gasteiger charge is -2.36. The van der Waals surface area contributed by atoms with E-state index in [0.717, 1.165) is 32.5 Å². The molecule has 1 aliphatic rings. The third-order valence-corrected chi connectivity index (χ3v) is 3.42. The summed E-state index contributed by atoms with van der Waals surface area (Å²) in [5.41, 5.74) is 5.59. The number of carbonyl (C=O) groups is 1. The van der Waals surface area contributed by atoms with Crippen molar-refractivity contribution in [2.75, 3.05) is 26.2 Å². The fourth-order valence-corrected chi connectivity index (χ4v) is 2.37. The zero-order valence-corrected chi connectivity index (χ0v) is 10.6. The molecule has 96 valence electrons. The summed E-state index contributed by atoms with van der Waals surface area (Å²) >= 11 is 0. The molecule has 0 bridgehead atoms. The van der Waals surface area contributed by atoms with E-state index in [1.807, 2.05) is 6.92 Å². The highest BCUT2D eigenvalue weighted by Gasteiger charge is 2.26. The molecule has 0 aromatic rings. The second kappa shape index (κ2) is 7.31. The van der Waals surface area contributed by atoms with Crippen molar-refractivity contribution in [1.29, 1.82) is 0 Å². The molecule has 2 atom stereocenters. The van der Waals surface area contributed by atoms with Crippen molar-refractivity contribution >= 4 is 5.91 Å². The second-order valence-corrected chi connectivity index (χ2v) is 4.68. The first-order valence-electron chi connectivity index (χ1n) is 6.34. The molecule has 1 rings (SSSR count). The summed E-state index contributed by atoms with van der Waals surface area (Å²) in [6, 6.07) is -0.0936. The number of hydrogen-bond donors (Lipinski definition) is 2. The van der Waals surface area contributed by atoms with E-state index >= 15 is 0 Å². The van der Waals surface area contributed by atoms with Gasteiger partial charge in [0.2, 0.25) is 5.91 Å². The molecule has 0 saturated carbocycles. The van der Waals surface area contributed by atoms with E-state index in [1.165, 1.54) is 6.42 Å². The fraction of sp³-hybridized carbons (Fsp3) is 0.769. The summed E-state index contributed by atoms with van der Waals surface area (Å²) in [5.74, 6) is 3.08. The van der Waals surface area contributed by atoms with Crippen molar-refractivity contribution in [2.45, 2.75) is 32.2 Å². The monoisotopic (exact) mass is 237 g/mol. The Bertz CT molecular complexity index is 283. The number of likely N-dealkylation sites (tertiary alicyclic amines) is 1. The predicted octanol–water partition coefficient (Wildman–Crippen LogP) is 0.185. The molecule has 3 N–H and O–H groups in total. The average Bonchev–Trinajstić information content (AvgIpc) is 2.35. The minimum Gasteiger partial charge on any atom is -0.344 e. The van der Waals surface area contributed by atoms with Gasteiger partial charge in [-0.25, -0.2) is 0 Å². The van der Waals surface area contributed by atoms with E-state index < -0.39 is 0 Å². The van der Waals surface area contributed by atoms with Crippen LogP contribution in [-0.4, -0.2) is 43.0 Å². The van der Waals surface area contributed by atoms with Gasteiger partial charge >= 0.3 is 0 Å². The molecule has 0 spiro atoms. The fourth-order valence-electron chi connectivity index (χ4n) is 2.37. The lowest BCUT2D eigenvalue weighted by molar-refractivity contribution is -0.126. The molecule has 1 aliphatic heterocycles. The van der Waals surface area contributed by atoms with Crippen LogP contribution in [0.5, 0.6) is 0 Å². The van der Waals surface area contributed by atoms with Gasteiger partial charge in [0, 0.05) is 6.54 Å². The number of nitrogens with two attached hydrogens (primary N) is 1. The number of nitrogens with zero attached hydrogens (tertiary/aromatic N) is 1. The Morgan fingerprint density at radius 1 is 1.71 bits per heavy atom. The average molecular weight is 237 g/mol. The summed E-state index contributed by atoms with van der Waals surface area (Å²) in [6.07, 6.45) is 8.55. The van der Waals surface area contributed by atoms with Crippen LogP contribution in [-0.2, 0) is 4.79 Å². The summed E-state index contributed by atoms with van der Waals surface area (Å²) in [5, 5.41) is 2.73. The van der Waals surface area contributed by atoms with E-state index in [2.05, 4.69) is 16.1 Å². The van der Waals surface area contributed by atoms with Gasteiger partial charge < -0.3 is 11.1 Å². The normalized spacial score (nSPS) is 22.8. The first-order valence-corrected chi connectivity index (χ1v) is 6.34. The molecule has 0 aromatic carbocycles. The van der Waals surface area contributed by atoms with Crippen LogP contribution in [0.3, 0.4) is 0 Å². The van der Waals surface area contributed by atoms with Gasteiger partial charge in [-0.15, -0.1) is 6.42 Å². The maximum absolute atomic E-state index is 11.8. The quantitative estimate of drug-likeness (QED) is 0.671. The van der Waals surface area contributed by atoms with Crippen LogP contribution in [0.25, 0.3) is 0 Å². The summed E-state index contributed by atoms with van der Waals surface area (Å²) in [6.45, 7) is 4.95. The molecular weight excluding hydrogens is 214 g/mol. The number of hydrogen-bond acceptors (Lipinski definition) is 3. The van der Waals surface area contributed by atoms with Gasteiger partial charge in [0.05, 0.1) is 12.6 Å². The van der Waals surface area contributed by atoms with Crippen molar-refractivity contribution in [3.8, 4) is 12.3 Å². The van der Waals surface area contributed by atoms with Crippen LogP contribution < -0.4 is 11.1 Å². The highest BCUT2D eigenvalue weighted by atomic mass is 16.2. The Labute approximate surface area is 104 Å². The van der Waals surface area contributed by atoms with Crippen LogP contribution in [0.15, 0.2) is 0 Å². The van der Waals surface area contributed by atoms with Crippen LogP contribution in [0.2, 0.25) is 0 Å². The molecule has 4 heteroatoms. The zero-order valence-electron chi connectivity index (χ0n) is 10.6. The molecule has 0 aromatic heterocycles. The third kappa shape index (κ3) is 4.37. The van der Waals surface area contributed by atoms with Gasteiger partial charge in [-0.05, 0) is 45.2 Å². The maximum Gasteiger partial charge on any atom is 0.237 e. The standard InChI is InChI=1S/C13H23N3O/c1-3-8-15-13(17)11(2)16-9-4-5-12(10-16)6-7-14/h1,11-12H,4-10,14H2,2H3,(H,15,17). The van der Waals surface area contributed by atoms with Gasteiger partial charge in [0.1, 0.15) is 0 Å². The zero-order chi connectivity index (χ0) is 12.7. The Hall–Kier alpha value is -1.05. The smallest absolute Gasteiger partial charge is 0.237 e. The highest BCUT2D eigenvalue weighted by Crippen LogP contribution is 2.20. The number of piperidine rings is 1. The van der Waals surface area contributed by atoms with Crippen molar-refractivity contribution in [3.05, 3.63) is 0 Å². The first-order chi connectivity index (χ1) is 8.19. The summed E-state index contributed by atoms with van der Waals surface area (Å²) in [4.78, 5) is 14.0. The highest BCUT2D eigenvalue weighted by molar-refractivity contribution is 5.81. The van der Waals surface area contributed by atoms with Gasteiger partial charge in [-0.2, -0.15) is 0 Å². The van der Waals surface area contributed by atoms with Crippen LogP contribution >= 0.6 is 0 Å². The Kier molecular flexibility index (Phi) is 6.03. The number of carbonyl (C=O) groups excluding carboxylic acids is 1. The topological polar surface area (TPSA) is 58.4 Å². The predicted molar refractivity (Wildman–Crippen MR) is 69.3 cm³/mol. The molecule has 1 saturated heterocycles. The van der Waals surface area contributed by atoms with E-state index in [-0.39, 0.29) is 11.9 Å². The van der Waals surface area contributed by atoms with Crippen molar-refractivity contribution < 1.29 is 4.79 Å². The van der Waals surface area contributed by atoms with Crippen molar-refractivity contribution in [1.82, 2.24) is 10.2 Å². The number of rotatable bonds is 5. The number of nitrogens with one attached hydrogen (secondary N) is 1. The van der Waals surface area contributed by atoms with E-state index in [1.54, 1.807) is 0 Å². The third-order valence-electron chi connectivity index (χ3n) is 3.42. The van der Waals surface area contributed by atoms with Gasteiger partial charge in [0.15, 0.2) is 0 Å². The second-order valence-electron chi connectivity index (χ2n) is 4.68. The molecule has 17 heavy (non-hydrogen) atoms. The molecular formula is C13H23N3O. The minimum absolute atomic E-state index is 0.0244. The SMILES string of the molecule is C#CCNC(=O)C(C)N1CCCC(CCN)C1. The summed E-state index contributed by atoms with van der Waals surface area (Å²) in [7, 11) is 0. The summed E-state index contributed by atoms with van der Waals surface area (Å²) < 4.78 is 0. The molecule has 4 nitrogen and oxygen atoms in total. The molecule has 2 unspecified atom stereocenters. The Morgan fingerprint density at radius 3 is 3.12 bits per heavy atom. The maximum atomic E-state index is 11.8. The van der Waals surface area contributed by atoms with Crippen molar-refractivity contribution in [2.24, 2.45) is 11.7 Å². The van der Waals surface area contributed by atoms with Gasteiger partial charge in [0.25, 0.3) is 0 Å².